The lowest BCUT2D eigenvalue weighted by Gasteiger charge is -2.34. The Balaban J connectivity index is 1.74. The van der Waals surface area contributed by atoms with Gasteiger partial charge in [0.15, 0.2) is 0 Å². The van der Waals surface area contributed by atoms with Crippen LogP contribution in [0.5, 0.6) is 0 Å². The Kier molecular flexibility index (Phi) is 5.10. The average Bonchev–Trinajstić information content (AvgIpc) is 2.73. The molecule has 0 radical (unpaired) electrons. The van der Waals surface area contributed by atoms with Crippen molar-refractivity contribution >= 4 is 28.4 Å². The molecule has 0 aliphatic carbocycles. The summed E-state index contributed by atoms with van der Waals surface area (Å²) in [6.45, 7) is 6.57. The fraction of sp³-hybridized carbons (Fsp3) is 0.273. The molecule has 1 saturated heterocycles. The Bertz CT molecular complexity index is 963. The Morgan fingerprint density at radius 2 is 1.74 bits per heavy atom. The van der Waals surface area contributed by atoms with E-state index in [-0.39, 0.29) is 5.91 Å². The van der Waals surface area contributed by atoms with Crippen LogP contribution in [0, 0.1) is 0 Å². The number of piperazine rings is 1. The third-order valence-electron chi connectivity index (χ3n) is 5.19. The van der Waals surface area contributed by atoms with E-state index < -0.39 is 0 Å². The van der Waals surface area contributed by atoms with Gasteiger partial charge in [0.2, 0.25) is 0 Å². The second-order valence-corrected chi connectivity index (χ2v) is 7.24. The second-order valence-electron chi connectivity index (χ2n) is 6.81. The maximum Gasteiger partial charge on any atom is 0.254 e. The van der Waals surface area contributed by atoms with Gasteiger partial charge in [0.05, 0.1) is 16.8 Å². The molecule has 1 aromatic heterocycles. The molecular weight excluding hydrogens is 358 g/mol. The summed E-state index contributed by atoms with van der Waals surface area (Å²) in [5, 5.41) is 1.59. The number of hydrogen-bond acceptors (Lipinski definition) is 3. The van der Waals surface area contributed by atoms with Gasteiger partial charge in [-0.05, 0) is 30.8 Å². The summed E-state index contributed by atoms with van der Waals surface area (Å²) in [5.74, 6) is 0.0829. The lowest BCUT2D eigenvalue weighted by Crippen LogP contribution is -2.48. The summed E-state index contributed by atoms with van der Waals surface area (Å²) in [7, 11) is 0. The van der Waals surface area contributed by atoms with Crippen molar-refractivity contribution in [1.82, 2.24) is 14.8 Å². The van der Waals surface area contributed by atoms with E-state index in [1.807, 2.05) is 59.5 Å². The van der Waals surface area contributed by atoms with Crippen molar-refractivity contribution in [3.05, 3.63) is 65.2 Å². The maximum atomic E-state index is 13.3. The van der Waals surface area contributed by atoms with Crippen LogP contribution in [0.25, 0.3) is 22.2 Å². The van der Waals surface area contributed by atoms with Gasteiger partial charge >= 0.3 is 0 Å². The molecule has 2 heterocycles. The van der Waals surface area contributed by atoms with Gasteiger partial charge in [-0.1, -0.05) is 48.9 Å². The minimum atomic E-state index is 0.0829. The first-order valence-corrected chi connectivity index (χ1v) is 9.71. The maximum absolute atomic E-state index is 13.3. The number of aromatic nitrogens is 1. The second kappa shape index (κ2) is 7.67. The average molecular weight is 380 g/mol. The third kappa shape index (κ3) is 3.68. The fourth-order valence-electron chi connectivity index (χ4n) is 3.56. The molecule has 2 aromatic carbocycles. The van der Waals surface area contributed by atoms with Gasteiger partial charge < -0.3 is 9.80 Å². The number of rotatable bonds is 3. The van der Waals surface area contributed by atoms with Crippen molar-refractivity contribution in [3.63, 3.8) is 0 Å². The van der Waals surface area contributed by atoms with Crippen molar-refractivity contribution in [3.8, 4) is 11.3 Å². The van der Waals surface area contributed by atoms with Crippen LogP contribution in [0.1, 0.15) is 17.3 Å². The number of halogens is 1. The van der Waals surface area contributed by atoms with E-state index in [9.17, 15) is 4.79 Å². The van der Waals surface area contributed by atoms with Crippen LogP contribution in [0.4, 0.5) is 0 Å². The first-order chi connectivity index (χ1) is 13.2. The number of fused-ring (bicyclic) bond motifs is 1. The van der Waals surface area contributed by atoms with Crippen LogP contribution in [0.15, 0.2) is 54.6 Å². The van der Waals surface area contributed by atoms with E-state index in [0.717, 1.165) is 60.4 Å². The van der Waals surface area contributed by atoms with Crippen molar-refractivity contribution in [1.29, 1.82) is 0 Å². The van der Waals surface area contributed by atoms with Crippen molar-refractivity contribution in [2.24, 2.45) is 0 Å². The van der Waals surface area contributed by atoms with Gasteiger partial charge in [0, 0.05) is 42.2 Å². The molecule has 4 nitrogen and oxygen atoms in total. The zero-order valence-corrected chi connectivity index (χ0v) is 16.1. The van der Waals surface area contributed by atoms with Crippen LogP contribution in [-0.2, 0) is 0 Å². The number of benzene rings is 2. The van der Waals surface area contributed by atoms with Gasteiger partial charge in [-0.15, -0.1) is 0 Å². The summed E-state index contributed by atoms with van der Waals surface area (Å²) in [6, 6.07) is 17.3. The monoisotopic (exact) mass is 379 g/mol. The highest BCUT2D eigenvalue weighted by Crippen LogP contribution is 2.27. The quantitative estimate of drug-likeness (QED) is 0.679. The Labute approximate surface area is 164 Å². The molecular formula is C22H22ClN3O. The summed E-state index contributed by atoms with van der Waals surface area (Å²) in [6.07, 6.45) is 0. The number of hydrogen-bond donors (Lipinski definition) is 0. The van der Waals surface area contributed by atoms with Crippen LogP contribution in [-0.4, -0.2) is 53.4 Å². The number of pyridine rings is 1. The molecule has 0 bridgehead atoms. The number of amides is 1. The molecule has 5 heteroatoms. The van der Waals surface area contributed by atoms with Gasteiger partial charge in [0.25, 0.3) is 5.91 Å². The lowest BCUT2D eigenvalue weighted by molar-refractivity contribution is 0.0645. The van der Waals surface area contributed by atoms with Crippen LogP contribution in [0.3, 0.4) is 0 Å². The topological polar surface area (TPSA) is 36.4 Å². The summed E-state index contributed by atoms with van der Waals surface area (Å²) >= 11 is 6.02. The first-order valence-electron chi connectivity index (χ1n) is 9.33. The highest BCUT2D eigenvalue weighted by atomic mass is 35.5. The zero-order valence-electron chi connectivity index (χ0n) is 15.4. The van der Waals surface area contributed by atoms with Gasteiger partial charge in [0.1, 0.15) is 0 Å². The fourth-order valence-corrected chi connectivity index (χ4v) is 3.68. The van der Waals surface area contributed by atoms with E-state index in [1.165, 1.54) is 0 Å². The van der Waals surface area contributed by atoms with E-state index in [2.05, 4.69) is 11.8 Å². The molecule has 0 spiro atoms. The van der Waals surface area contributed by atoms with Gasteiger partial charge in [-0.3, -0.25) is 4.79 Å². The molecule has 4 rings (SSSR count). The minimum Gasteiger partial charge on any atom is -0.336 e. The zero-order chi connectivity index (χ0) is 18.8. The molecule has 1 aliphatic rings. The van der Waals surface area contributed by atoms with E-state index in [0.29, 0.717) is 5.02 Å². The highest BCUT2D eigenvalue weighted by Gasteiger charge is 2.23. The molecule has 0 saturated carbocycles. The minimum absolute atomic E-state index is 0.0829. The lowest BCUT2D eigenvalue weighted by atomic mass is 10.0. The molecule has 1 fully saturated rings. The van der Waals surface area contributed by atoms with Crippen molar-refractivity contribution in [2.45, 2.75) is 6.92 Å². The van der Waals surface area contributed by atoms with E-state index in [4.69, 9.17) is 16.6 Å². The molecule has 0 unspecified atom stereocenters. The Morgan fingerprint density at radius 1 is 1.04 bits per heavy atom. The van der Waals surface area contributed by atoms with E-state index in [1.54, 1.807) is 0 Å². The third-order valence-corrected chi connectivity index (χ3v) is 5.45. The molecule has 0 atom stereocenters. The number of carbonyl (C=O) groups is 1. The standard InChI is InChI=1S/C22H22ClN3O/c1-2-25-11-13-26(14-12-25)22(27)19-15-21(16-7-9-17(23)10-8-16)24-20-6-4-3-5-18(19)20/h3-10,15H,2,11-14H2,1H3. The molecule has 0 N–H and O–H groups in total. The highest BCUT2D eigenvalue weighted by molar-refractivity contribution is 6.30. The van der Waals surface area contributed by atoms with E-state index >= 15 is 0 Å². The van der Waals surface area contributed by atoms with Crippen molar-refractivity contribution in [2.75, 3.05) is 32.7 Å². The predicted molar refractivity (Wildman–Crippen MR) is 110 cm³/mol. The SMILES string of the molecule is CCN1CCN(C(=O)c2cc(-c3ccc(Cl)cc3)nc3ccccc23)CC1. The predicted octanol–water partition coefficient (Wildman–Crippen LogP) is 4.33. The van der Waals surface area contributed by atoms with Crippen LogP contribution >= 0.6 is 11.6 Å². The Morgan fingerprint density at radius 3 is 2.44 bits per heavy atom. The molecule has 1 amide bonds. The molecule has 138 valence electrons. The molecule has 27 heavy (non-hydrogen) atoms. The van der Waals surface area contributed by atoms with Gasteiger partial charge in [-0.2, -0.15) is 0 Å². The number of para-hydroxylation sites is 1. The van der Waals surface area contributed by atoms with Gasteiger partial charge in [-0.25, -0.2) is 4.98 Å². The summed E-state index contributed by atoms with van der Waals surface area (Å²) in [4.78, 5) is 22.4. The number of nitrogens with zero attached hydrogens (tertiary/aromatic N) is 3. The number of carbonyl (C=O) groups excluding carboxylic acids is 1. The van der Waals surface area contributed by atoms with Crippen LogP contribution < -0.4 is 0 Å². The Hall–Kier alpha value is -2.43. The largest absolute Gasteiger partial charge is 0.336 e. The van der Waals surface area contributed by atoms with Crippen LogP contribution in [0.2, 0.25) is 5.02 Å². The van der Waals surface area contributed by atoms with Crippen molar-refractivity contribution < 1.29 is 4.79 Å². The molecule has 1 aliphatic heterocycles. The summed E-state index contributed by atoms with van der Waals surface area (Å²) in [5.41, 5.74) is 3.30. The molecule has 3 aromatic rings. The summed E-state index contributed by atoms with van der Waals surface area (Å²) < 4.78 is 0. The number of likely N-dealkylation sites (N-methyl/N-ethyl adjacent to an activating group) is 1. The normalized spacial score (nSPS) is 15.3. The smallest absolute Gasteiger partial charge is 0.254 e. The first kappa shape index (κ1) is 18.0.